The van der Waals surface area contributed by atoms with Gasteiger partial charge in [0.15, 0.2) is 5.71 Å². The summed E-state index contributed by atoms with van der Waals surface area (Å²) in [5.74, 6) is 0.0663. The van der Waals surface area contributed by atoms with E-state index in [1.165, 1.54) is 19.4 Å². The number of hydrogen-bond donors (Lipinski definition) is 1. The molecule has 0 aliphatic rings. The van der Waals surface area contributed by atoms with Crippen LogP contribution >= 0.6 is 0 Å². The predicted molar refractivity (Wildman–Crippen MR) is 45.7 cm³/mol. The van der Waals surface area contributed by atoms with Crippen LogP contribution in [0.5, 0.6) is 0 Å². The fourth-order valence-electron chi connectivity index (χ4n) is 0.715. The molecule has 0 spiro atoms. The van der Waals surface area contributed by atoms with E-state index in [1.54, 1.807) is 6.29 Å². The van der Waals surface area contributed by atoms with Crippen molar-refractivity contribution in [3.8, 4) is 0 Å². The van der Waals surface area contributed by atoms with Gasteiger partial charge in [-0.25, -0.2) is 9.97 Å². The molecule has 0 bridgehead atoms. The molecule has 0 aromatic carbocycles. The number of oxime groups is 1. The molecular weight excluding hydrogens is 172 g/mol. The number of nitrogens with two attached hydrogens (primary N) is 1. The van der Waals surface area contributed by atoms with Gasteiger partial charge in [-0.15, -0.1) is 0 Å². The average molecular weight is 179 g/mol. The van der Waals surface area contributed by atoms with Crippen LogP contribution < -0.4 is 5.73 Å². The molecule has 0 aliphatic carbocycles. The molecule has 1 aromatic rings. The Labute approximate surface area is 74.4 Å². The van der Waals surface area contributed by atoms with Crippen molar-refractivity contribution in [1.29, 1.82) is 0 Å². The predicted octanol–water partition coefficient (Wildman–Crippen LogP) is -0.481. The molecule has 13 heavy (non-hydrogen) atoms. The van der Waals surface area contributed by atoms with Gasteiger partial charge >= 0.3 is 0 Å². The van der Waals surface area contributed by atoms with E-state index in [4.69, 9.17) is 5.73 Å². The Morgan fingerprint density at radius 3 is 3.08 bits per heavy atom. The lowest BCUT2D eigenvalue weighted by molar-refractivity contribution is 0.214. The quantitative estimate of drug-likeness (QED) is 0.499. The molecule has 2 N–H and O–H groups in total. The van der Waals surface area contributed by atoms with Crippen LogP contribution in [0, 0.1) is 0 Å². The molecule has 0 amide bonds. The normalized spacial score (nSPS) is 11.0. The summed E-state index contributed by atoms with van der Waals surface area (Å²) in [6, 6.07) is 1.49. The van der Waals surface area contributed by atoms with E-state index in [0.29, 0.717) is 0 Å². The zero-order valence-corrected chi connectivity index (χ0v) is 6.89. The van der Waals surface area contributed by atoms with E-state index < -0.39 is 0 Å². The van der Waals surface area contributed by atoms with Crippen molar-refractivity contribution >= 4 is 17.9 Å². The number of rotatable bonds is 3. The Kier molecular flexibility index (Phi) is 2.91. The average Bonchev–Trinajstić information content (AvgIpc) is 2.14. The van der Waals surface area contributed by atoms with Gasteiger partial charge in [0.2, 0.25) is 5.95 Å². The highest BCUT2D eigenvalue weighted by molar-refractivity contribution is 6.35. The fraction of sp³-hybridized carbons (Fsp3) is 0.143. The summed E-state index contributed by atoms with van der Waals surface area (Å²) in [7, 11) is 1.32. The number of anilines is 1. The smallest absolute Gasteiger partial charge is 0.259 e. The molecule has 0 saturated carbocycles. The molecule has 0 fully saturated rings. The maximum atomic E-state index is 10.4. The van der Waals surface area contributed by atoms with Crippen LogP contribution in [-0.2, 0) is 9.63 Å². The molecule has 0 unspecified atom stereocenters. The van der Waals surface area contributed by atoms with E-state index in [2.05, 4.69) is 20.0 Å². The van der Waals surface area contributed by atoms with Gasteiger partial charge < -0.3 is 10.6 Å². The Bertz CT molecular complexity index is 337. The minimum absolute atomic E-state index is 0.0448. The Morgan fingerprint density at radius 2 is 2.54 bits per heavy atom. The highest BCUT2D eigenvalue weighted by atomic mass is 16.6. The first-order chi connectivity index (χ1) is 6.27. The summed E-state index contributed by atoms with van der Waals surface area (Å²) in [5, 5.41) is 3.40. The summed E-state index contributed by atoms with van der Waals surface area (Å²) < 4.78 is 0. The molecule has 1 heterocycles. The van der Waals surface area contributed by atoms with Gasteiger partial charge in [0.1, 0.15) is 12.8 Å². The van der Waals surface area contributed by atoms with Crippen molar-refractivity contribution in [2.75, 3.05) is 12.8 Å². The lowest BCUT2D eigenvalue weighted by Crippen LogP contribution is -2.08. The van der Waals surface area contributed by atoms with E-state index in [0.717, 1.165) is 0 Å². The van der Waals surface area contributed by atoms with Crippen LogP contribution in [0.3, 0.4) is 0 Å². The minimum Gasteiger partial charge on any atom is -0.398 e. The second kappa shape index (κ2) is 4.15. The Hall–Kier alpha value is -1.98. The molecule has 1 aromatic heterocycles. The third kappa shape index (κ3) is 2.22. The molecule has 0 atom stereocenters. The SMILES string of the molecule is CO/N=C(\[C]=O)c1ccnc(N)n1. The van der Waals surface area contributed by atoms with E-state index in [-0.39, 0.29) is 17.4 Å². The van der Waals surface area contributed by atoms with Crippen LogP contribution in [0.25, 0.3) is 0 Å². The summed E-state index contributed by atoms with van der Waals surface area (Å²) in [5.41, 5.74) is 5.54. The topological polar surface area (TPSA) is 90.5 Å². The maximum Gasteiger partial charge on any atom is 0.259 e. The van der Waals surface area contributed by atoms with Crippen LogP contribution in [0.15, 0.2) is 17.4 Å². The largest absolute Gasteiger partial charge is 0.398 e. The highest BCUT2D eigenvalue weighted by Gasteiger charge is 2.05. The standard InChI is InChI=1S/C7H7N4O2/c1-13-11-6(4-12)5-2-3-9-7(8)10-5/h2-3H,1H3,(H2,8,9,10)/b11-6+. The van der Waals surface area contributed by atoms with Gasteiger partial charge in [-0.1, -0.05) is 5.16 Å². The van der Waals surface area contributed by atoms with Crippen LogP contribution in [0.4, 0.5) is 5.95 Å². The summed E-state index contributed by atoms with van der Waals surface area (Å²) in [6.07, 6.45) is 2.99. The van der Waals surface area contributed by atoms with Gasteiger partial charge in [0.05, 0.1) is 0 Å². The van der Waals surface area contributed by atoms with Gasteiger partial charge in [-0.05, 0) is 6.07 Å². The van der Waals surface area contributed by atoms with E-state index in [9.17, 15) is 4.79 Å². The first-order valence-electron chi connectivity index (χ1n) is 3.36. The number of carbonyl (C=O) groups excluding carboxylic acids is 1. The van der Waals surface area contributed by atoms with Crippen molar-refractivity contribution in [1.82, 2.24) is 9.97 Å². The first-order valence-corrected chi connectivity index (χ1v) is 3.36. The summed E-state index contributed by atoms with van der Waals surface area (Å²) in [6.45, 7) is 0. The second-order valence-electron chi connectivity index (χ2n) is 2.02. The lowest BCUT2D eigenvalue weighted by atomic mass is 10.3. The highest BCUT2D eigenvalue weighted by Crippen LogP contribution is 1.97. The third-order valence-corrected chi connectivity index (χ3v) is 1.20. The Balaban J connectivity index is 3.05. The van der Waals surface area contributed by atoms with Crippen LogP contribution in [0.2, 0.25) is 0 Å². The van der Waals surface area contributed by atoms with E-state index in [1.807, 2.05) is 0 Å². The Morgan fingerprint density at radius 1 is 1.77 bits per heavy atom. The first kappa shape index (κ1) is 9.11. The molecule has 6 heteroatoms. The van der Waals surface area contributed by atoms with Crippen LogP contribution in [-0.4, -0.2) is 29.1 Å². The second-order valence-corrected chi connectivity index (χ2v) is 2.02. The summed E-state index contributed by atoms with van der Waals surface area (Å²) >= 11 is 0. The van der Waals surface area contributed by atoms with Crippen molar-refractivity contribution in [3.63, 3.8) is 0 Å². The molecule has 0 saturated heterocycles. The minimum atomic E-state index is -0.0448. The van der Waals surface area contributed by atoms with Gasteiger partial charge in [0, 0.05) is 6.20 Å². The molecule has 1 radical (unpaired) electrons. The number of nitrogen functional groups attached to an aromatic ring is 1. The number of hydrogen-bond acceptors (Lipinski definition) is 6. The zero-order chi connectivity index (χ0) is 9.68. The molecular formula is C7H7N4O2. The molecule has 67 valence electrons. The fourth-order valence-corrected chi connectivity index (χ4v) is 0.715. The van der Waals surface area contributed by atoms with Crippen molar-refractivity contribution < 1.29 is 9.63 Å². The number of nitrogens with zero attached hydrogens (tertiary/aromatic N) is 3. The third-order valence-electron chi connectivity index (χ3n) is 1.20. The van der Waals surface area contributed by atoms with Gasteiger partial charge in [-0.3, -0.25) is 4.79 Å². The van der Waals surface area contributed by atoms with Crippen molar-refractivity contribution in [2.24, 2.45) is 5.16 Å². The maximum absolute atomic E-state index is 10.4. The lowest BCUT2D eigenvalue weighted by Gasteiger charge is -1.96. The molecule has 6 nitrogen and oxygen atoms in total. The van der Waals surface area contributed by atoms with E-state index >= 15 is 0 Å². The monoisotopic (exact) mass is 179 g/mol. The van der Waals surface area contributed by atoms with Crippen molar-refractivity contribution in [2.45, 2.75) is 0 Å². The van der Waals surface area contributed by atoms with Gasteiger partial charge in [-0.2, -0.15) is 0 Å². The van der Waals surface area contributed by atoms with Crippen molar-refractivity contribution in [3.05, 3.63) is 18.0 Å². The zero-order valence-electron chi connectivity index (χ0n) is 6.89. The molecule has 0 aliphatic heterocycles. The van der Waals surface area contributed by atoms with Gasteiger partial charge in [0.25, 0.3) is 6.29 Å². The summed E-state index contributed by atoms with van der Waals surface area (Å²) in [4.78, 5) is 22.2. The number of aromatic nitrogens is 2. The molecule has 1 rings (SSSR count). The van der Waals surface area contributed by atoms with Crippen LogP contribution in [0.1, 0.15) is 5.69 Å².